The maximum Gasteiger partial charge on any atom is 0.295 e. The van der Waals surface area contributed by atoms with Crippen molar-refractivity contribution in [1.82, 2.24) is 4.90 Å². The zero-order valence-electron chi connectivity index (χ0n) is 18.7. The molecule has 32 heavy (non-hydrogen) atoms. The highest BCUT2D eigenvalue weighted by Gasteiger charge is 2.46. The molecule has 1 atom stereocenters. The highest BCUT2D eigenvalue weighted by molar-refractivity contribution is 6.46. The molecule has 7 heteroatoms. The summed E-state index contributed by atoms with van der Waals surface area (Å²) in [6, 6.07) is 13.3. The molecule has 0 aliphatic carbocycles. The van der Waals surface area contributed by atoms with E-state index in [-0.39, 0.29) is 24.5 Å². The highest BCUT2D eigenvalue weighted by atomic mass is 16.5. The van der Waals surface area contributed by atoms with Crippen LogP contribution in [0.15, 0.2) is 54.1 Å². The van der Waals surface area contributed by atoms with Crippen LogP contribution < -0.4 is 9.47 Å². The zero-order chi connectivity index (χ0) is 23.1. The fraction of sp³-hybridized carbons (Fsp3) is 0.360. The Kier molecular flexibility index (Phi) is 7.89. The Balaban J connectivity index is 2.06. The minimum absolute atomic E-state index is 0.0435. The molecule has 1 fully saturated rings. The van der Waals surface area contributed by atoms with Gasteiger partial charge in [0, 0.05) is 19.2 Å². The Hall–Kier alpha value is -3.32. The summed E-state index contributed by atoms with van der Waals surface area (Å²) < 4.78 is 16.3. The molecular weight excluding hydrogens is 410 g/mol. The summed E-state index contributed by atoms with van der Waals surface area (Å²) in [6.07, 6.45) is 0.882. The first-order chi connectivity index (χ1) is 15.5. The first kappa shape index (κ1) is 23.3. The number of amides is 1. The number of benzene rings is 2. The van der Waals surface area contributed by atoms with Crippen molar-refractivity contribution >= 4 is 17.4 Å². The monoisotopic (exact) mass is 439 g/mol. The fourth-order valence-electron chi connectivity index (χ4n) is 3.67. The zero-order valence-corrected chi connectivity index (χ0v) is 18.7. The maximum atomic E-state index is 13.0. The van der Waals surface area contributed by atoms with Crippen molar-refractivity contribution in [3.8, 4) is 11.5 Å². The van der Waals surface area contributed by atoms with Crippen molar-refractivity contribution in [3.63, 3.8) is 0 Å². The van der Waals surface area contributed by atoms with E-state index in [1.54, 1.807) is 36.4 Å². The molecule has 2 aromatic rings. The van der Waals surface area contributed by atoms with Gasteiger partial charge in [0.1, 0.15) is 17.3 Å². The van der Waals surface area contributed by atoms with Gasteiger partial charge in [0.15, 0.2) is 0 Å². The number of Topliss-reactive ketones (excluding diaryl/α,β-unsaturated/α-hetero) is 1. The second-order valence-electron chi connectivity index (χ2n) is 7.36. The standard InChI is InChI=1S/C25H29NO6/c1-4-14-32-19-11-9-17(10-12-19)23(27)21-22(18-7-6-8-20(16-18)31-5-2)26(13-15-30-3)25(29)24(21)28/h6-12,16,22,27H,4-5,13-15H2,1-3H3/b23-21-. The van der Waals surface area contributed by atoms with Crippen molar-refractivity contribution in [2.24, 2.45) is 0 Å². The fourth-order valence-corrected chi connectivity index (χ4v) is 3.67. The molecule has 1 N–H and O–H groups in total. The molecular formula is C25H29NO6. The van der Waals surface area contributed by atoms with E-state index >= 15 is 0 Å². The predicted molar refractivity (Wildman–Crippen MR) is 121 cm³/mol. The minimum Gasteiger partial charge on any atom is -0.507 e. The number of carbonyl (C=O) groups excluding carboxylic acids is 2. The topological polar surface area (TPSA) is 85.3 Å². The Morgan fingerprint density at radius 1 is 1.00 bits per heavy atom. The van der Waals surface area contributed by atoms with Gasteiger partial charge in [-0.2, -0.15) is 0 Å². The second kappa shape index (κ2) is 10.8. The molecule has 0 spiro atoms. The number of likely N-dealkylation sites (tertiary alicyclic amines) is 1. The summed E-state index contributed by atoms with van der Waals surface area (Å²) >= 11 is 0. The Morgan fingerprint density at radius 2 is 1.75 bits per heavy atom. The Bertz CT molecular complexity index is 982. The van der Waals surface area contributed by atoms with Gasteiger partial charge in [-0.3, -0.25) is 9.59 Å². The molecule has 3 rings (SSSR count). The Morgan fingerprint density at radius 3 is 2.41 bits per heavy atom. The third-order valence-electron chi connectivity index (χ3n) is 5.16. The van der Waals surface area contributed by atoms with Crippen LogP contribution in [0.5, 0.6) is 11.5 Å². The lowest BCUT2D eigenvalue weighted by molar-refractivity contribution is -0.140. The molecule has 1 aliphatic rings. The maximum absolute atomic E-state index is 13.0. The van der Waals surface area contributed by atoms with E-state index < -0.39 is 17.7 Å². The van der Waals surface area contributed by atoms with Crippen molar-refractivity contribution in [2.45, 2.75) is 26.3 Å². The number of hydrogen-bond donors (Lipinski definition) is 1. The largest absolute Gasteiger partial charge is 0.507 e. The van der Waals surface area contributed by atoms with Crippen LogP contribution in [0.3, 0.4) is 0 Å². The van der Waals surface area contributed by atoms with Gasteiger partial charge in [-0.1, -0.05) is 19.1 Å². The van der Waals surface area contributed by atoms with Gasteiger partial charge >= 0.3 is 0 Å². The number of carbonyl (C=O) groups is 2. The lowest BCUT2D eigenvalue weighted by Gasteiger charge is -2.25. The quantitative estimate of drug-likeness (QED) is 0.343. The van der Waals surface area contributed by atoms with Crippen LogP contribution in [0.1, 0.15) is 37.4 Å². The SMILES string of the molecule is CCCOc1ccc(/C(O)=C2/C(=O)C(=O)N(CCOC)C2c2cccc(OCC)c2)cc1. The average molecular weight is 440 g/mol. The Labute approximate surface area is 188 Å². The summed E-state index contributed by atoms with van der Waals surface area (Å²) in [5, 5.41) is 11.1. The first-order valence-electron chi connectivity index (χ1n) is 10.7. The van der Waals surface area contributed by atoms with Gasteiger partial charge in [0.2, 0.25) is 0 Å². The van der Waals surface area contributed by atoms with Gasteiger partial charge in [-0.25, -0.2) is 0 Å². The van der Waals surface area contributed by atoms with Crippen LogP contribution in [0, 0.1) is 0 Å². The van der Waals surface area contributed by atoms with Crippen molar-refractivity contribution in [3.05, 3.63) is 65.2 Å². The summed E-state index contributed by atoms with van der Waals surface area (Å²) in [6.45, 7) is 5.45. The molecule has 1 heterocycles. The summed E-state index contributed by atoms with van der Waals surface area (Å²) in [5.74, 6) is -0.322. The van der Waals surface area contributed by atoms with Crippen molar-refractivity contribution in [1.29, 1.82) is 0 Å². The van der Waals surface area contributed by atoms with Gasteiger partial charge in [0.25, 0.3) is 11.7 Å². The molecule has 0 bridgehead atoms. The van der Waals surface area contributed by atoms with E-state index in [2.05, 4.69) is 0 Å². The molecule has 0 saturated carbocycles. The van der Waals surface area contributed by atoms with Crippen LogP contribution >= 0.6 is 0 Å². The number of nitrogens with zero attached hydrogens (tertiary/aromatic N) is 1. The molecule has 1 unspecified atom stereocenters. The molecule has 170 valence electrons. The third kappa shape index (κ3) is 4.94. The summed E-state index contributed by atoms with van der Waals surface area (Å²) in [4.78, 5) is 27.3. The predicted octanol–water partition coefficient (Wildman–Crippen LogP) is 3.94. The summed E-state index contributed by atoms with van der Waals surface area (Å²) in [7, 11) is 1.53. The normalized spacial score (nSPS) is 17.6. The van der Waals surface area contributed by atoms with Gasteiger partial charge in [0.05, 0.1) is 31.4 Å². The van der Waals surface area contributed by atoms with Gasteiger partial charge in [-0.15, -0.1) is 0 Å². The molecule has 1 amide bonds. The number of ketones is 1. The number of aliphatic hydroxyl groups excluding tert-OH is 1. The minimum atomic E-state index is -0.749. The van der Waals surface area contributed by atoms with Crippen LogP contribution in [-0.4, -0.2) is 55.2 Å². The molecule has 2 aromatic carbocycles. The first-order valence-corrected chi connectivity index (χ1v) is 10.7. The number of aliphatic hydroxyl groups is 1. The van der Waals surface area contributed by atoms with Crippen LogP contribution in [0.2, 0.25) is 0 Å². The van der Waals surface area contributed by atoms with E-state index in [4.69, 9.17) is 14.2 Å². The van der Waals surface area contributed by atoms with E-state index in [1.165, 1.54) is 12.0 Å². The van der Waals surface area contributed by atoms with Gasteiger partial charge < -0.3 is 24.2 Å². The molecule has 0 aromatic heterocycles. The van der Waals surface area contributed by atoms with Crippen molar-refractivity contribution < 1.29 is 28.9 Å². The summed E-state index contributed by atoms with van der Waals surface area (Å²) in [5.41, 5.74) is 1.15. The van der Waals surface area contributed by atoms with Crippen LogP contribution in [0.25, 0.3) is 5.76 Å². The molecule has 0 radical (unpaired) electrons. The second-order valence-corrected chi connectivity index (χ2v) is 7.36. The van der Waals surface area contributed by atoms with E-state index in [0.717, 1.165) is 6.42 Å². The van der Waals surface area contributed by atoms with E-state index in [1.807, 2.05) is 26.0 Å². The third-order valence-corrected chi connectivity index (χ3v) is 5.16. The lowest BCUT2D eigenvalue weighted by atomic mass is 9.95. The van der Waals surface area contributed by atoms with Gasteiger partial charge in [-0.05, 0) is 55.3 Å². The number of hydrogen-bond acceptors (Lipinski definition) is 6. The van der Waals surface area contributed by atoms with Crippen LogP contribution in [-0.2, 0) is 14.3 Å². The molecule has 1 aliphatic heterocycles. The van der Waals surface area contributed by atoms with Crippen molar-refractivity contribution in [2.75, 3.05) is 33.5 Å². The van der Waals surface area contributed by atoms with E-state index in [9.17, 15) is 14.7 Å². The number of ether oxygens (including phenoxy) is 3. The molecule has 1 saturated heterocycles. The smallest absolute Gasteiger partial charge is 0.295 e. The lowest BCUT2D eigenvalue weighted by Crippen LogP contribution is -2.32. The number of methoxy groups -OCH3 is 1. The van der Waals surface area contributed by atoms with Crippen LogP contribution in [0.4, 0.5) is 0 Å². The number of rotatable bonds is 10. The highest BCUT2D eigenvalue weighted by Crippen LogP contribution is 2.40. The molecule has 7 nitrogen and oxygen atoms in total. The average Bonchev–Trinajstić information content (AvgIpc) is 3.06. The van der Waals surface area contributed by atoms with E-state index in [0.29, 0.717) is 35.8 Å².